The maximum atomic E-state index is 12.9. The minimum absolute atomic E-state index is 0.0933. The Morgan fingerprint density at radius 3 is 2.69 bits per heavy atom. The summed E-state index contributed by atoms with van der Waals surface area (Å²) in [6.07, 6.45) is 4.91. The summed E-state index contributed by atoms with van der Waals surface area (Å²) in [4.78, 5) is 21.0. The van der Waals surface area contributed by atoms with E-state index in [1.807, 2.05) is 29.6 Å². The van der Waals surface area contributed by atoms with Crippen molar-refractivity contribution in [1.29, 1.82) is 0 Å². The highest BCUT2D eigenvalue weighted by Crippen LogP contribution is 2.28. The van der Waals surface area contributed by atoms with Gasteiger partial charge in [0, 0.05) is 18.8 Å². The van der Waals surface area contributed by atoms with Crippen LogP contribution in [0, 0.1) is 0 Å². The highest BCUT2D eigenvalue weighted by molar-refractivity contribution is 7.99. The van der Waals surface area contributed by atoms with Crippen molar-refractivity contribution in [1.82, 2.24) is 9.88 Å². The number of ether oxygens (including phenoxy) is 1. The normalized spacial score (nSPS) is 15.1. The number of hydrogen-bond donors (Lipinski definition) is 0. The molecule has 0 atom stereocenters. The van der Waals surface area contributed by atoms with Crippen LogP contribution in [0.1, 0.15) is 66.4 Å². The Labute approximate surface area is 183 Å². The minimum atomic E-state index is 0.0933. The Kier molecular flexibility index (Phi) is 9.18. The van der Waals surface area contributed by atoms with Gasteiger partial charge in [0.05, 0.1) is 23.7 Å². The van der Waals surface area contributed by atoms with Crippen molar-refractivity contribution in [2.24, 2.45) is 0 Å². The number of carbonyl (C=O) groups excluding carboxylic acids is 1. The SMILES string of the molecule is CC(C)c1ccc(C(=O)c2cccs2)c(SCCCCCCN2CCOCC2)n1. The quantitative estimate of drug-likeness (QED) is 0.267. The first-order valence-corrected chi connectivity index (χ1v) is 12.5. The Balaban J connectivity index is 1.48. The number of aromatic nitrogens is 1. The van der Waals surface area contributed by atoms with Crippen molar-refractivity contribution in [2.75, 3.05) is 38.6 Å². The lowest BCUT2D eigenvalue weighted by molar-refractivity contribution is 0.0371. The topological polar surface area (TPSA) is 42.4 Å². The second-order valence-corrected chi connectivity index (χ2v) is 9.80. The van der Waals surface area contributed by atoms with E-state index in [4.69, 9.17) is 9.72 Å². The zero-order valence-electron chi connectivity index (χ0n) is 17.6. The molecule has 0 unspecified atom stereocenters. The molecule has 0 bridgehead atoms. The molecule has 4 nitrogen and oxygen atoms in total. The predicted molar refractivity (Wildman–Crippen MR) is 123 cm³/mol. The predicted octanol–water partition coefficient (Wildman–Crippen LogP) is 5.48. The van der Waals surface area contributed by atoms with Crippen LogP contribution in [0.5, 0.6) is 0 Å². The highest BCUT2D eigenvalue weighted by Gasteiger charge is 2.17. The van der Waals surface area contributed by atoms with E-state index in [0.717, 1.165) is 59.6 Å². The van der Waals surface area contributed by atoms with Crippen LogP contribution in [0.3, 0.4) is 0 Å². The smallest absolute Gasteiger partial charge is 0.205 e. The summed E-state index contributed by atoms with van der Waals surface area (Å²) in [5.41, 5.74) is 1.80. The van der Waals surface area contributed by atoms with Gasteiger partial charge in [-0.05, 0) is 54.6 Å². The molecular formula is C23H32N2O2S2. The van der Waals surface area contributed by atoms with Gasteiger partial charge in [0.25, 0.3) is 0 Å². The van der Waals surface area contributed by atoms with E-state index in [2.05, 4.69) is 18.7 Å². The van der Waals surface area contributed by atoms with Crippen LogP contribution < -0.4 is 0 Å². The molecule has 0 aromatic carbocycles. The molecule has 0 aliphatic carbocycles. The minimum Gasteiger partial charge on any atom is -0.379 e. The molecule has 0 radical (unpaired) electrons. The van der Waals surface area contributed by atoms with Gasteiger partial charge >= 0.3 is 0 Å². The number of thioether (sulfide) groups is 1. The van der Waals surface area contributed by atoms with E-state index in [1.54, 1.807) is 11.8 Å². The molecule has 3 heterocycles. The molecule has 0 spiro atoms. The van der Waals surface area contributed by atoms with Gasteiger partial charge in [-0.15, -0.1) is 23.1 Å². The monoisotopic (exact) mass is 432 g/mol. The number of carbonyl (C=O) groups is 1. The van der Waals surface area contributed by atoms with Crippen molar-refractivity contribution >= 4 is 28.9 Å². The summed E-state index contributed by atoms with van der Waals surface area (Å²) in [7, 11) is 0. The standard InChI is InChI=1S/C23H32N2O2S2/c1-18(2)20-10-9-19(22(26)21-8-7-17-28-21)23(24-20)29-16-6-4-3-5-11-25-12-14-27-15-13-25/h7-10,17-18H,3-6,11-16H2,1-2H3. The molecule has 1 saturated heterocycles. The van der Waals surface area contributed by atoms with Gasteiger partial charge in [0.1, 0.15) is 5.03 Å². The third-order valence-electron chi connectivity index (χ3n) is 5.17. The average Bonchev–Trinajstić information content (AvgIpc) is 3.28. The Bertz CT molecular complexity index is 756. The maximum Gasteiger partial charge on any atom is 0.205 e. The van der Waals surface area contributed by atoms with Crippen molar-refractivity contribution in [2.45, 2.75) is 50.5 Å². The molecule has 1 aliphatic rings. The van der Waals surface area contributed by atoms with Gasteiger partial charge in [0.15, 0.2) is 0 Å². The molecule has 3 rings (SSSR count). The molecule has 2 aromatic heterocycles. The van der Waals surface area contributed by atoms with Crippen LogP contribution in [0.15, 0.2) is 34.7 Å². The number of thiophene rings is 1. The molecule has 158 valence electrons. The van der Waals surface area contributed by atoms with E-state index >= 15 is 0 Å². The van der Waals surface area contributed by atoms with Gasteiger partial charge in [-0.2, -0.15) is 0 Å². The zero-order valence-corrected chi connectivity index (χ0v) is 19.2. The lowest BCUT2D eigenvalue weighted by Gasteiger charge is -2.26. The van der Waals surface area contributed by atoms with Gasteiger partial charge in [0.2, 0.25) is 5.78 Å². The summed E-state index contributed by atoms with van der Waals surface area (Å²) in [6.45, 7) is 9.40. The van der Waals surface area contributed by atoms with Crippen LogP contribution in [-0.2, 0) is 4.74 Å². The summed E-state index contributed by atoms with van der Waals surface area (Å²) in [5.74, 6) is 1.47. The van der Waals surface area contributed by atoms with Crippen LogP contribution in [0.4, 0.5) is 0 Å². The lowest BCUT2D eigenvalue weighted by atomic mass is 10.1. The van der Waals surface area contributed by atoms with Gasteiger partial charge in [-0.25, -0.2) is 4.98 Å². The molecule has 0 saturated carbocycles. The molecule has 1 aliphatic heterocycles. The number of unbranched alkanes of at least 4 members (excludes halogenated alkanes) is 3. The van der Waals surface area contributed by atoms with E-state index in [9.17, 15) is 4.79 Å². The van der Waals surface area contributed by atoms with E-state index < -0.39 is 0 Å². The first kappa shape index (κ1) is 22.5. The first-order chi connectivity index (χ1) is 14.1. The second-order valence-electron chi connectivity index (χ2n) is 7.77. The zero-order chi connectivity index (χ0) is 20.5. The summed E-state index contributed by atoms with van der Waals surface area (Å²) in [6, 6.07) is 7.79. The maximum absolute atomic E-state index is 12.9. The van der Waals surface area contributed by atoms with Crippen LogP contribution in [0.25, 0.3) is 0 Å². The second kappa shape index (κ2) is 11.8. The van der Waals surface area contributed by atoms with Crippen LogP contribution in [0.2, 0.25) is 0 Å². The summed E-state index contributed by atoms with van der Waals surface area (Å²) in [5, 5.41) is 2.84. The third kappa shape index (κ3) is 6.92. The van der Waals surface area contributed by atoms with E-state index in [0.29, 0.717) is 5.92 Å². The third-order valence-corrected chi connectivity index (χ3v) is 7.12. The molecule has 1 fully saturated rings. The van der Waals surface area contributed by atoms with E-state index in [-0.39, 0.29) is 5.78 Å². The Hall–Kier alpha value is -1.21. The van der Waals surface area contributed by atoms with Crippen LogP contribution >= 0.6 is 23.1 Å². The largest absolute Gasteiger partial charge is 0.379 e. The Morgan fingerprint density at radius 1 is 1.17 bits per heavy atom. The average molecular weight is 433 g/mol. The van der Waals surface area contributed by atoms with Crippen molar-refractivity contribution in [3.05, 3.63) is 45.8 Å². The molecule has 6 heteroatoms. The fraction of sp³-hybridized carbons (Fsp3) is 0.565. The number of rotatable bonds is 11. The fourth-order valence-electron chi connectivity index (χ4n) is 3.38. The van der Waals surface area contributed by atoms with Crippen molar-refractivity contribution in [3.63, 3.8) is 0 Å². The van der Waals surface area contributed by atoms with Gasteiger partial charge in [-0.3, -0.25) is 9.69 Å². The first-order valence-electron chi connectivity index (χ1n) is 10.7. The lowest BCUT2D eigenvalue weighted by Crippen LogP contribution is -2.36. The number of nitrogens with zero attached hydrogens (tertiary/aromatic N) is 2. The highest BCUT2D eigenvalue weighted by atomic mass is 32.2. The van der Waals surface area contributed by atoms with Gasteiger partial charge in [-0.1, -0.05) is 32.8 Å². The number of morpholine rings is 1. The molecular weight excluding hydrogens is 400 g/mol. The van der Waals surface area contributed by atoms with Crippen molar-refractivity contribution < 1.29 is 9.53 Å². The summed E-state index contributed by atoms with van der Waals surface area (Å²) < 4.78 is 5.40. The molecule has 2 aromatic rings. The van der Waals surface area contributed by atoms with Gasteiger partial charge < -0.3 is 4.74 Å². The van der Waals surface area contributed by atoms with E-state index in [1.165, 1.54) is 37.1 Å². The molecule has 0 amide bonds. The molecule has 29 heavy (non-hydrogen) atoms. The fourth-order valence-corrected chi connectivity index (χ4v) is 5.09. The number of pyridine rings is 1. The molecule has 0 N–H and O–H groups in total. The van der Waals surface area contributed by atoms with Crippen LogP contribution in [-0.4, -0.2) is 54.3 Å². The van der Waals surface area contributed by atoms with Crippen molar-refractivity contribution in [3.8, 4) is 0 Å². The summed E-state index contributed by atoms with van der Waals surface area (Å²) >= 11 is 3.23. The number of ketones is 1. The Morgan fingerprint density at radius 2 is 1.97 bits per heavy atom. The number of hydrogen-bond acceptors (Lipinski definition) is 6.